The quantitative estimate of drug-likeness (QED) is 0.692. The Labute approximate surface area is 106 Å². The third kappa shape index (κ3) is 2.73. The first-order valence-electron chi connectivity index (χ1n) is 4.56. The summed E-state index contributed by atoms with van der Waals surface area (Å²) in [5.74, 6) is 1.41. The van der Waals surface area contributed by atoms with Crippen molar-refractivity contribution in [2.24, 2.45) is 7.05 Å². The van der Waals surface area contributed by atoms with Crippen molar-refractivity contribution in [3.8, 4) is 0 Å². The number of nitrogens with two attached hydrogens (primary N) is 1. The number of anilines is 1. The van der Waals surface area contributed by atoms with Crippen LogP contribution in [0, 0.1) is 0 Å². The number of benzene rings is 1. The van der Waals surface area contributed by atoms with Gasteiger partial charge in [-0.1, -0.05) is 0 Å². The van der Waals surface area contributed by atoms with Crippen molar-refractivity contribution >= 4 is 33.4 Å². The summed E-state index contributed by atoms with van der Waals surface area (Å²) >= 11 is 5.10. The maximum absolute atomic E-state index is 5.66. The maximum atomic E-state index is 5.66. The highest BCUT2D eigenvalue weighted by atomic mass is 79.9. The minimum Gasteiger partial charge on any atom is -0.399 e. The molecule has 1 aromatic carbocycles. The van der Waals surface area contributed by atoms with Gasteiger partial charge in [0, 0.05) is 15.1 Å². The van der Waals surface area contributed by atoms with Crippen LogP contribution in [0.15, 0.2) is 27.6 Å². The smallest absolute Gasteiger partial charge is 0.184 e. The summed E-state index contributed by atoms with van der Waals surface area (Å²) in [6.45, 7) is 0. The second kappa shape index (κ2) is 4.84. The third-order valence-electron chi connectivity index (χ3n) is 1.86. The standard InChI is InChI=1S/C9H10BrN5S/c1-15-13-9(12-14-15)5-16-8-3-2-6(11)4-7(8)10/h2-4H,5,11H2,1H3. The molecule has 2 N–H and O–H groups in total. The number of aryl methyl sites for hydroxylation is 1. The van der Waals surface area contributed by atoms with Crippen molar-refractivity contribution in [1.29, 1.82) is 0 Å². The van der Waals surface area contributed by atoms with Gasteiger partial charge in [-0.2, -0.15) is 4.80 Å². The molecule has 2 rings (SSSR count). The highest BCUT2D eigenvalue weighted by molar-refractivity contribution is 9.10. The molecule has 0 bridgehead atoms. The lowest BCUT2D eigenvalue weighted by atomic mass is 10.3. The molecule has 1 aromatic heterocycles. The Bertz CT molecular complexity index is 498. The largest absolute Gasteiger partial charge is 0.399 e. The highest BCUT2D eigenvalue weighted by Crippen LogP contribution is 2.30. The SMILES string of the molecule is Cn1nnc(CSc2ccc(N)cc2Br)n1. The number of rotatable bonds is 3. The Morgan fingerprint density at radius 3 is 2.94 bits per heavy atom. The Balaban J connectivity index is 2.04. The summed E-state index contributed by atoms with van der Waals surface area (Å²) in [4.78, 5) is 2.56. The first-order valence-corrected chi connectivity index (χ1v) is 6.34. The Hall–Kier alpha value is -1.08. The average molecular weight is 300 g/mol. The molecule has 0 radical (unpaired) electrons. The summed E-state index contributed by atoms with van der Waals surface area (Å²) in [5.41, 5.74) is 6.41. The topological polar surface area (TPSA) is 69.6 Å². The van der Waals surface area contributed by atoms with Gasteiger partial charge in [-0.25, -0.2) is 0 Å². The number of halogens is 1. The molecule has 0 aliphatic carbocycles. The molecule has 0 unspecified atom stereocenters. The molecule has 16 heavy (non-hydrogen) atoms. The van der Waals surface area contributed by atoms with Crippen LogP contribution in [0.1, 0.15) is 5.82 Å². The van der Waals surface area contributed by atoms with Crippen molar-refractivity contribution in [3.63, 3.8) is 0 Å². The highest BCUT2D eigenvalue weighted by Gasteiger charge is 2.05. The van der Waals surface area contributed by atoms with Crippen LogP contribution in [0.4, 0.5) is 5.69 Å². The summed E-state index contributed by atoms with van der Waals surface area (Å²) in [6.07, 6.45) is 0. The predicted octanol–water partition coefficient (Wildman–Crippen LogP) is 1.85. The Morgan fingerprint density at radius 2 is 2.31 bits per heavy atom. The van der Waals surface area contributed by atoms with Crippen molar-refractivity contribution in [2.45, 2.75) is 10.6 Å². The van der Waals surface area contributed by atoms with Gasteiger partial charge in [0.1, 0.15) is 0 Å². The third-order valence-corrected chi connectivity index (χ3v) is 3.85. The lowest BCUT2D eigenvalue weighted by molar-refractivity contribution is 0.628. The number of aromatic nitrogens is 4. The fourth-order valence-corrected chi connectivity index (χ4v) is 2.66. The van der Waals surface area contributed by atoms with E-state index in [2.05, 4.69) is 31.3 Å². The van der Waals surface area contributed by atoms with Crippen molar-refractivity contribution < 1.29 is 0 Å². The zero-order valence-corrected chi connectivity index (χ0v) is 11.0. The van der Waals surface area contributed by atoms with Crippen molar-refractivity contribution in [3.05, 3.63) is 28.5 Å². The summed E-state index contributed by atoms with van der Waals surface area (Å²) in [7, 11) is 1.75. The van der Waals surface area contributed by atoms with E-state index in [-0.39, 0.29) is 0 Å². The van der Waals surface area contributed by atoms with Crippen LogP contribution < -0.4 is 5.73 Å². The van der Waals surface area contributed by atoms with Gasteiger partial charge in [-0.15, -0.1) is 22.0 Å². The van der Waals surface area contributed by atoms with Gasteiger partial charge in [-0.05, 0) is 39.3 Å². The van der Waals surface area contributed by atoms with Gasteiger partial charge in [0.15, 0.2) is 5.82 Å². The molecule has 0 aliphatic heterocycles. The number of tetrazole rings is 1. The van der Waals surface area contributed by atoms with E-state index in [0.717, 1.165) is 20.9 Å². The Kier molecular flexibility index (Phi) is 3.45. The van der Waals surface area contributed by atoms with E-state index in [9.17, 15) is 0 Å². The molecule has 1 heterocycles. The number of nitrogen functional groups attached to an aromatic ring is 1. The monoisotopic (exact) mass is 299 g/mol. The van der Waals surface area contributed by atoms with Crippen LogP contribution in [0.5, 0.6) is 0 Å². The second-order valence-electron chi connectivity index (χ2n) is 3.17. The molecule has 0 amide bonds. The molecule has 0 fully saturated rings. The van der Waals surface area contributed by atoms with Gasteiger partial charge in [0.25, 0.3) is 0 Å². The van der Waals surface area contributed by atoms with E-state index >= 15 is 0 Å². The molecule has 0 atom stereocenters. The minimum atomic E-state index is 0.691. The zero-order valence-electron chi connectivity index (χ0n) is 8.59. The minimum absolute atomic E-state index is 0.691. The van der Waals surface area contributed by atoms with E-state index in [1.165, 1.54) is 4.80 Å². The van der Waals surface area contributed by atoms with Gasteiger partial charge in [0.2, 0.25) is 0 Å². The van der Waals surface area contributed by atoms with E-state index in [1.807, 2.05) is 18.2 Å². The van der Waals surface area contributed by atoms with Crippen LogP contribution in [-0.4, -0.2) is 20.2 Å². The van der Waals surface area contributed by atoms with Crippen LogP contribution in [0.2, 0.25) is 0 Å². The maximum Gasteiger partial charge on any atom is 0.184 e. The number of thioether (sulfide) groups is 1. The van der Waals surface area contributed by atoms with Crippen molar-refractivity contribution in [1.82, 2.24) is 20.2 Å². The van der Waals surface area contributed by atoms with E-state index in [0.29, 0.717) is 5.75 Å². The van der Waals surface area contributed by atoms with E-state index in [4.69, 9.17) is 5.73 Å². The molecule has 84 valence electrons. The number of hydrogen-bond acceptors (Lipinski definition) is 5. The normalized spacial score (nSPS) is 10.6. The first kappa shape index (κ1) is 11.4. The second-order valence-corrected chi connectivity index (χ2v) is 5.05. The van der Waals surface area contributed by atoms with Gasteiger partial charge in [-0.3, -0.25) is 0 Å². The molecule has 0 saturated carbocycles. The zero-order chi connectivity index (χ0) is 11.5. The molecule has 0 spiro atoms. The van der Waals surface area contributed by atoms with Gasteiger partial charge >= 0.3 is 0 Å². The molecular formula is C9H10BrN5S. The van der Waals surface area contributed by atoms with Gasteiger partial charge in [0.05, 0.1) is 12.8 Å². The fraction of sp³-hybridized carbons (Fsp3) is 0.222. The summed E-state index contributed by atoms with van der Waals surface area (Å²) in [5, 5.41) is 11.8. The fourth-order valence-electron chi connectivity index (χ4n) is 1.16. The molecule has 2 aromatic rings. The molecule has 0 aliphatic rings. The lowest BCUT2D eigenvalue weighted by Gasteiger charge is -2.02. The van der Waals surface area contributed by atoms with Crippen LogP contribution in [0.3, 0.4) is 0 Å². The van der Waals surface area contributed by atoms with Gasteiger partial charge < -0.3 is 5.73 Å². The summed E-state index contributed by atoms with van der Waals surface area (Å²) < 4.78 is 0.987. The summed E-state index contributed by atoms with van der Waals surface area (Å²) in [6, 6.07) is 5.73. The Morgan fingerprint density at radius 1 is 1.50 bits per heavy atom. The number of nitrogens with zero attached hydrogens (tertiary/aromatic N) is 4. The van der Waals surface area contributed by atoms with Crippen molar-refractivity contribution in [2.75, 3.05) is 5.73 Å². The van der Waals surface area contributed by atoms with Crippen LogP contribution in [-0.2, 0) is 12.8 Å². The van der Waals surface area contributed by atoms with Crippen LogP contribution in [0.25, 0.3) is 0 Å². The van der Waals surface area contributed by atoms with E-state index in [1.54, 1.807) is 18.8 Å². The molecular weight excluding hydrogens is 290 g/mol. The lowest BCUT2D eigenvalue weighted by Crippen LogP contribution is -1.92. The van der Waals surface area contributed by atoms with Crippen LogP contribution >= 0.6 is 27.7 Å². The molecule has 0 saturated heterocycles. The molecule has 7 heteroatoms. The average Bonchev–Trinajstić information content (AvgIpc) is 2.63. The van der Waals surface area contributed by atoms with E-state index < -0.39 is 0 Å². The first-order chi connectivity index (χ1) is 7.65. The predicted molar refractivity (Wildman–Crippen MR) is 66.9 cm³/mol. The number of hydrogen-bond donors (Lipinski definition) is 1. The molecule has 5 nitrogen and oxygen atoms in total.